The topological polar surface area (TPSA) is 49.8 Å². The zero-order chi connectivity index (χ0) is 15.9. The second kappa shape index (κ2) is 7.73. The minimum atomic E-state index is -0.354. The van der Waals surface area contributed by atoms with Gasteiger partial charge in [-0.05, 0) is 24.5 Å². The minimum Gasteiger partial charge on any atom is -0.380 e. The molecule has 118 valence electrons. The summed E-state index contributed by atoms with van der Waals surface area (Å²) in [6.45, 7) is 6.74. The summed E-state index contributed by atoms with van der Waals surface area (Å²) >= 11 is 0. The summed E-state index contributed by atoms with van der Waals surface area (Å²) in [5.74, 6) is 0.308. The molecule has 0 amide bonds. The average Bonchev–Trinajstić information content (AvgIpc) is 2.53. The molecule has 0 bridgehead atoms. The van der Waals surface area contributed by atoms with E-state index in [0.29, 0.717) is 24.6 Å². The predicted octanol–water partition coefficient (Wildman–Crippen LogP) is 3.73. The first kappa shape index (κ1) is 16.2. The third kappa shape index (κ3) is 4.16. The number of anilines is 2. The summed E-state index contributed by atoms with van der Waals surface area (Å²) in [4.78, 5) is 7.95. The Morgan fingerprint density at radius 2 is 1.86 bits per heavy atom. The molecule has 0 aliphatic heterocycles. The van der Waals surface area contributed by atoms with E-state index in [1.54, 1.807) is 0 Å². The van der Waals surface area contributed by atoms with Crippen LogP contribution in [-0.4, -0.2) is 22.6 Å². The van der Waals surface area contributed by atoms with Crippen molar-refractivity contribution in [2.24, 2.45) is 5.92 Å². The van der Waals surface area contributed by atoms with Crippen molar-refractivity contribution < 1.29 is 4.39 Å². The molecule has 0 radical (unpaired) electrons. The first-order chi connectivity index (χ1) is 10.6. The molecule has 1 unspecified atom stereocenters. The highest BCUT2D eigenvalue weighted by atomic mass is 19.1. The number of para-hydroxylation sites is 1. The van der Waals surface area contributed by atoms with Crippen LogP contribution < -0.4 is 10.6 Å². The van der Waals surface area contributed by atoms with Crippen LogP contribution in [0.2, 0.25) is 0 Å². The second-order valence-corrected chi connectivity index (χ2v) is 5.58. The van der Waals surface area contributed by atoms with Crippen LogP contribution in [0.4, 0.5) is 15.9 Å². The van der Waals surface area contributed by atoms with Gasteiger partial charge in [0.1, 0.15) is 6.33 Å². The molecule has 0 fully saturated rings. The van der Waals surface area contributed by atoms with Gasteiger partial charge in [0, 0.05) is 18.3 Å². The third-order valence-electron chi connectivity index (χ3n) is 3.62. The summed E-state index contributed by atoms with van der Waals surface area (Å²) in [6, 6.07) is 10.2. The second-order valence-electron chi connectivity index (χ2n) is 5.58. The molecule has 2 rings (SSSR count). The van der Waals surface area contributed by atoms with Crippen LogP contribution in [0.15, 0.2) is 36.7 Å². The van der Waals surface area contributed by atoms with Crippen molar-refractivity contribution in [1.29, 1.82) is 0 Å². The molecule has 1 aromatic carbocycles. The van der Waals surface area contributed by atoms with E-state index in [2.05, 4.69) is 34.4 Å². The Morgan fingerprint density at radius 1 is 1.14 bits per heavy atom. The van der Waals surface area contributed by atoms with Crippen LogP contribution in [0.5, 0.6) is 0 Å². The van der Waals surface area contributed by atoms with Crippen LogP contribution in [0, 0.1) is 11.7 Å². The van der Waals surface area contributed by atoms with Gasteiger partial charge in [-0.1, -0.05) is 39.0 Å². The lowest BCUT2D eigenvalue weighted by molar-refractivity contribution is 0.537. The third-order valence-corrected chi connectivity index (χ3v) is 3.62. The van der Waals surface area contributed by atoms with Crippen LogP contribution in [0.3, 0.4) is 0 Å². The van der Waals surface area contributed by atoms with Gasteiger partial charge in [0.25, 0.3) is 0 Å². The maximum Gasteiger partial charge on any atom is 0.186 e. The minimum absolute atomic E-state index is 0.168. The molecule has 0 saturated carbocycles. The van der Waals surface area contributed by atoms with Gasteiger partial charge in [0.15, 0.2) is 11.6 Å². The molecule has 0 aliphatic carbocycles. The van der Waals surface area contributed by atoms with Crippen molar-refractivity contribution in [2.75, 3.05) is 17.2 Å². The van der Waals surface area contributed by atoms with E-state index < -0.39 is 0 Å². The van der Waals surface area contributed by atoms with Crippen LogP contribution in [-0.2, 0) is 6.42 Å². The number of nitrogens with one attached hydrogen (secondary N) is 2. The smallest absolute Gasteiger partial charge is 0.186 e. The monoisotopic (exact) mass is 302 g/mol. The van der Waals surface area contributed by atoms with Gasteiger partial charge in [-0.2, -0.15) is 0 Å². The van der Waals surface area contributed by atoms with Gasteiger partial charge in [0.05, 0.1) is 5.69 Å². The van der Waals surface area contributed by atoms with E-state index in [0.717, 1.165) is 5.69 Å². The number of rotatable bonds is 7. The summed E-state index contributed by atoms with van der Waals surface area (Å²) in [5.41, 5.74) is 1.50. The van der Waals surface area contributed by atoms with E-state index in [4.69, 9.17) is 0 Å². The van der Waals surface area contributed by atoms with Crippen molar-refractivity contribution >= 4 is 11.5 Å². The Bertz CT molecular complexity index is 586. The highest BCUT2D eigenvalue weighted by molar-refractivity contribution is 5.44. The first-order valence-corrected chi connectivity index (χ1v) is 7.66. The largest absolute Gasteiger partial charge is 0.380 e. The zero-order valence-electron chi connectivity index (χ0n) is 13.3. The summed E-state index contributed by atoms with van der Waals surface area (Å²) in [6.07, 6.45) is 1.96. The number of aryl methyl sites for hydroxylation is 1. The maximum absolute atomic E-state index is 14.1. The molecule has 5 heteroatoms. The quantitative estimate of drug-likeness (QED) is 0.818. The molecule has 22 heavy (non-hydrogen) atoms. The Balaban J connectivity index is 2.03. The summed E-state index contributed by atoms with van der Waals surface area (Å²) < 4.78 is 14.1. The number of benzene rings is 1. The Labute approximate surface area is 131 Å². The highest BCUT2D eigenvalue weighted by Crippen LogP contribution is 2.16. The van der Waals surface area contributed by atoms with Crippen molar-refractivity contribution in [2.45, 2.75) is 33.2 Å². The fourth-order valence-electron chi connectivity index (χ4n) is 2.18. The number of halogens is 1. The van der Waals surface area contributed by atoms with Crippen LogP contribution >= 0.6 is 0 Å². The van der Waals surface area contributed by atoms with Crippen LogP contribution in [0.1, 0.15) is 26.5 Å². The van der Waals surface area contributed by atoms with Gasteiger partial charge in [-0.25, -0.2) is 14.4 Å². The first-order valence-electron chi connectivity index (χ1n) is 7.66. The van der Waals surface area contributed by atoms with E-state index in [9.17, 15) is 4.39 Å². The predicted molar refractivity (Wildman–Crippen MR) is 88.5 cm³/mol. The van der Waals surface area contributed by atoms with E-state index in [1.807, 2.05) is 37.3 Å². The molecule has 1 aromatic heterocycles. The number of aromatic nitrogens is 2. The van der Waals surface area contributed by atoms with Crippen molar-refractivity contribution in [3.8, 4) is 0 Å². The average molecular weight is 302 g/mol. The van der Waals surface area contributed by atoms with Gasteiger partial charge >= 0.3 is 0 Å². The van der Waals surface area contributed by atoms with E-state index >= 15 is 0 Å². The zero-order valence-corrected chi connectivity index (χ0v) is 13.3. The van der Waals surface area contributed by atoms with Gasteiger partial charge < -0.3 is 10.6 Å². The normalized spacial score (nSPS) is 12.2. The van der Waals surface area contributed by atoms with Gasteiger partial charge in [-0.15, -0.1) is 0 Å². The molecular formula is C17H23FN4. The molecular weight excluding hydrogens is 279 g/mol. The lowest BCUT2D eigenvalue weighted by atomic mass is 10.0. The SMILES string of the molecule is CCc1ncnc(NCC(Nc2ccccc2)C(C)C)c1F. The summed E-state index contributed by atoms with van der Waals surface area (Å²) in [7, 11) is 0. The molecule has 2 N–H and O–H groups in total. The van der Waals surface area contributed by atoms with Crippen molar-refractivity contribution in [1.82, 2.24) is 9.97 Å². The Hall–Kier alpha value is -2.17. The molecule has 0 saturated heterocycles. The fourth-order valence-corrected chi connectivity index (χ4v) is 2.18. The number of hydrogen-bond acceptors (Lipinski definition) is 4. The Morgan fingerprint density at radius 3 is 2.50 bits per heavy atom. The molecule has 0 aliphatic rings. The maximum atomic E-state index is 14.1. The highest BCUT2D eigenvalue weighted by Gasteiger charge is 2.15. The van der Waals surface area contributed by atoms with E-state index in [1.165, 1.54) is 6.33 Å². The Kier molecular flexibility index (Phi) is 5.69. The van der Waals surface area contributed by atoms with Crippen molar-refractivity contribution in [3.05, 3.63) is 48.2 Å². The molecule has 2 aromatic rings. The fraction of sp³-hybridized carbons (Fsp3) is 0.412. The number of hydrogen-bond donors (Lipinski definition) is 2. The molecule has 1 heterocycles. The van der Waals surface area contributed by atoms with Crippen molar-refractivity contribution in [3.63, 3.8) is 0 Å². The van der Waals surface area contributed by atoms with Gasteiger partial charge in [0.2, 0.25) is 0 Å². The standard InChI is InChI=1S/C17H23FN4/c1-4-14-16(18)17(21-11-20-14)19-10-15(12(2)3)22-13-8-6-5-7-9-13/h5-9,11-12,15,22H,4,10H2,1-3H3,(H,19,20,21). The lowest BCUT2D eigenvalue weighted by Crippen LogP contribution is -2.33. The summed E-state index contributed by atoms with van der Waals surface area (Å²) in [5, 5.41) is 6.57. The number of nitrogens with zero attached hydrogens (tertiary/aromatic N) is 2. The van der Waals surface area contributed by atoms with E-state index in [-0.39, 0.29) is 17.7 Å². The van der Waals surface area contributed by atoms with Crippen LogP contribution in [0.25, 0.3) is 0 Å². The lowest BCUT2D eigenvalue weighted by Gasteiger charge is -2.24. The molecule has 0 spiro atoms. The molecule has 4 nitrogen and oxygen atoms in total. The van der Waals surface area contributed by atoms with Gasteiger partial charge in [-0.3, -0.25) is 0 Å². The molecule has 1 atom stereocenters.